The van der Waals surface area contributed by atoms with Crippen molar-refractivity contribution in [2.45, 2.75) is 0 Å². The van der Waals surface area contributed by atoms with E-state index < -0.39 is 10.9 Å². The van der Waals surface area contributed by atoms with E-state index in [1.54, 1.807) is 6.07 Å². The average molecular weight is 247 g/mol. The van der Waals surface area contributed by atoms with Crippen LogP contribution in [0.5, 0.6) is 0 Å². The van der Waals surface area contributed by atoms with Crippen LogP contribution in [-0.2, 0) is 0 Å². The van der Waals surface area contributed by atoms with E-state index in [4.69, 9.17) is 5.11 Å². The van der Waals surface area contributed by atoms with Crippen LogP contribution < -0.4 is 5.43 Å². The molecule has 18 heavy (non-hydrogen) atoms. The van der Waals surface area contributed by atoms with Crippen LogP contribution in [0.1, 0.15) is 10.5 Å². The summed E-state index contributed by atoms with van der Waals surface area (Å²) < 4.78 is 1.21. The molecule has 0 radical (unpaired) electrons. The molecule has 2 N–H and O–H groups in total. The average Bonchev–Trinajstić information content (AvgIpc) is 2.77. The Hall–Kier alpha value is -2.83. The summed E-state index contributed by atoms with van der Waals surface area (Å²) in [6.45, 7) is 0. The monoisotopic (exact) mass is 247 g/mol. The van der Waals surface area contributed by atoms with E-state index in [-0.39, 0.29) is 17.1 Å². The Balaban J connectivity index is 2.37. The fraction of sp³-hybridized carbons (Fsp3) is 0. The van der Waals surface area contributed by atoms with Crippen molar-refractivity contribution in [3.8, 4) is 0 Å². The summed E-state index contributed by atoms with van der Waals surface area (Å²) in [5.41, 5.74) is 2.77. The third-order valence-corrected chi connectivity index (χ3v) is 2.31. The number of anilines is 1. The fourth-order valence-electron chi connectivity index (χ4n) is 1.51. The Bertz CT molecular complexity index is 606. The van der Waals surface area contributed by atoms with Crippen molar-refractivity contribution in [1.82, 2.24) is 4.68 Å². The van der Waals surface area contributed by atoms with Crippen LogP contribution in [0.2, 0.25) is 0 Å². The third-order valence-electron chi connectivity index (χ3n) is 2.31. The van der Waals surface area contributed by atoms with Gasteiger partial charge in [-0.05, 0) is 18.2 Å². The molecule has 0 aliphatic rings. The molecule has 7 heteroatoms. The van der Waals surface area contributed by atoms with Gasteiger partial charge in [0, 0.05) is 12.3 Å². The molecule has 0 fully saturated rings. The predicted octanol–water partition coefficient (Wildman–Crippen LogP) is 1.97. The number of rotatable bonds is 4. The number of benzene rings is 1. The van der Waals surface area contributed by atoms with Crippen molar-refractivity contribution in [3.05, 3.63) is 58.4 Å². The third kappa shape index (κ3) is 2.14. The van der Waals surface area contributed by atoms with Crippen molar-refractivity contribution in [2.24, 2.45) is 0 Å². The number of carbonyl (C=O) groups is 1. The van der Waals surface area contributed by atoms with Crippen molar-refractivity contribution in [3.63, 3.8) is 0 Å². The molecular weight excluding hydrogens is 238 g/mol. The van der Waals surface area contributed by atoms with Gasteiger partial charge in [0.25, 0.3) is 5.69 Å². The molecule has 1 aromatic carbocycles. The van der Waals surface area contributed by atoms with Crippen LogP contribution in [0, 0.1) is 10.1 Å². The van der Waals surface area contributed by atoms with Gasteiger partial charge >= 0.3 is 5.97 Å². The van der Waals surface area contributed by atoms with Gasteiger partial charge in [0.1, 0.15) is 11.4 Å². The number of hydrogen-bond acceptors (Lipinski definition) is 4. The molecule has 0 atom stereocenters. The number of aromatic carboxylic acids is 1. The zero-order chi connectivity index (χ0) is 13.1. The maximum absolute atomic E-state index is 10.9. The van der Waals surface area contributed by atoms with E-state index >= 15 is 0 Å². The lowest BCUT2D eigenvalue weighted by atomic mass is 10.3. The van der Waals surface area contributed by atoms with Gasteiger partial charge in [-0.15, -0.1) is 0 Å². The fourth-order valence-corrected chi connectivity index (χ4v) is 1.51. The molecule has 7 nitrogen and oxygen atoms in total. The van der Waals surface area contributed by atoms with Crippen molar-refractivity contribution in [2.75, 3.05) is 5.43 Å². The summed E-state index contributed by atoms with van der Waals surface area (Å²) >= 11 is 0. The molecule has 2 aromatic rings. The second-order valence-corrected chi connectivity index (χ2v) is 3.45. The number of aromatic nitrogens is 1. The highest BCUT2D eigenvalue weighted by atomic mass is 16.6. The van der Waals surface area contributed by atoms with Crippen LogP contribution in [0.25, 0.3) is 0 Å². The number of carboxylic acid groups (broad SMARTS) is 1. The van der Waals surface area contributed by atoms with E-state index in [0.717, 1.165) is 0 Å². The summed E-state index contributed by atoms with van der Waals surface area (Å²) in [6, 6.07) is 8.93. The standard InChI is InChI=1S/C11H9N3O4/c15-11(16)10-6-3-7-13(10)12-8-4-1-2-5-9(8)14(17)18/h1-7,12H,(H,15,16). The second kappa shape index (κ2) is 4.58. The van der Waals surface area contributed by atoms with Gasteiger partial charge < -0.3 is 5.11 Å². The maximum Gasteiger partial charge on any atom is 0.354 e. The normalized spacial score (nSPS) is 10.0. The van der Waals surface area contributed by atoms with Gasteiger partial charge in [0.15, 0.2) is 0 Å². The first-order valence-corrected chi connectivity index (χ1v) is 5.00. The largest absolute Gasteiger partial charge is 0.477 e. The van der Waals surface area contributed by atoms with E-state index in [1.165, 1.54) is 41.2 Å². The van der Waals surface area contributed by atoms with Crippen LogP contribution in [0.3, 0.4) is 0 Å². The number of nitro benzene ring substituents is 1. The number of nitrogens with zero attached hydrogens (tertiary/aromatic N) is 2. The van der Waals surface area contributed by atoms with E-state index in [2.05, 4.69) is 5.43 Å². The number of hydrogen-bond donors (Lipinski definition) is 2. The van der Waals surface area contributed by atoms with Crippen LogP contribution >= 0.6 is 0 Å². The van der Waals surface area contributed by atoms with E-state index in [9.17, 15) is 14.9 Å². The second-order valence-electron chi connectivity index (χ2n) is 3.45. The summed E-state index contributed by atoms with van der Waals surface area (Å²) in [7, 11) is 0. The maximum atomic E-state index is 10.9. The molecule has 0 aliphatic heterocycles. The summed E-state index contributed by atoms with van der Waals surface area (Å²) in [5.74, 6) is -1.12. The zero-order valence-electron chi connectivity index (χ0n) is 9.11. The number of nitro groups is 1. The van der Waals surface area contributed by atoms with Gasteiger partial charge in [-0.2, -0.15) is 0 Å². The lowest BCUT2D eigenvalue weighted by Crippen LogP contribution is -2.15. The Kier molecular flexibility index (Phi) is 2.96. The van der Waals surface area contributed by atoms with Crippen LogP contribution in [0.15, 0.2) is 42.6 Å². The molecule has 92 valence electrons. The quantitative estimate of drug-likeness (QED) is 0.635. The first-order chi connectivity index (χ1) is 8.59. The highest BCUT2D eigenvalue weighted by Gasteiger charge is 2.14. The number of carboxylic acids is 1. The summed E-state index contributed by atoms with van der Waals surface area (Å²) in [5, 5.41) is 19.7. The Morgan fingerprint density at radius 1 is 1.28 bits per heavy atom. The van der Waals surface area contributed by atoms with Crippen LogP contribution in [-0.4, -0.2) is 20.7 Å². The molecule has 0 amide bonds. The zero-order valence-corrected chi connectivity index (χ0v) is 9.11. The molecule has 0 bridgehead atoms. The Morgan fingerprint density at radius 3 is 2.67 bits per heavy atom. The molecule has 0 spiro atoms. The molecule has 1 aromatic heterocycles. The van der Waals surface area contributed by atoms with Gasteiger partial charge in [-0.25, -0.2) is 4.79 Å². The van der Waals surface area contributed by atoms with Gasteiger partial charge in [-0.1, -0.05) is 12.1 Å². The number of para-hydroxylation sites is 2. The van der Waals surface area contributed by atoms with Crippen LogP contribution in [0.4, 0.5) is 11.4 Å². The summed E-state index contributed by atoms with van der Waals surface area (Å²) in [6.07, 6.45) is 1.47. The Labute approximate surface area is 101 Å². The minimum Gasteiger partial charge on any atom is -0.477 e. The van der Waals surface area contributed by atoms with Gasteiger partial charge in [-0.3, -0.25) is 20.2 Å². The number of nitrogens with one attached hydrogen (secondary N) is 1. The van der Waals surface area contributed by atoms with E-state index in [1.807, 2.05) is 0 Å². The minimum absolute atomic E-state index is 0.00634. The molecule has 0 saturated carbocycles. The Morgan fingerprint density at radius 2 is 2.00 bits per heavy atom. The van der Waals surface area contributed by atoms with Crippen molar-refractivity contribution < 1.29 is 14.8 Å². The smallest absolute Gasteiger partial charge is 0.354 e. The topological polar surface area (TPSA) is 97.4 Å². The first-order valence-electron chi connectivity index (χ1n) is 5.00. The van der Waals surface area contributed by atoms with Gasteiger partial charge in [0.05, 0.1) is 4.92 Å². The van der Waals surface area contributed by atoms with E-state index in [0.29, 0.717) is 0 Å². The minimum atomic E-state index is -1.12. The first kappa shape index (κ1) is 11.6. The lowest BCUT2D eigenvalue weighted by molar-refractivity contribution is -0.384. The highest BCUT2D eigenvalue weighted by Crippen LogP contribution is 2.23. The highest BCUT2D eigenvalue weighted by molar-refractivity contribution is 5.86. The van der Waals surface area contributed by atoms with Gasteiger partial charge in [0.2, 0.25) is 0 Å². The molecule has 0 aliphatic carbocycles. The lowest BCUT2D eigenvalue weighted by Gasteiger charge is -2.09. The molecule has 0 saturated heterocycles. The summed E-state index contributed by atoms with van der Waals surface area (Å²) in [4.78, 5) is 21.2. The molecule has 2 rings (SSSR count). The van der Waals surface area contributed by atoms with Crippen molar-refractivity contribution in [1.29, 1.82) is 0 Å². The molecule has 0 unspecified atom stereocenters. The molecule has 1 heterocycles. The SMILES string of the molecule is O=C(O)c1cccn1Nc1ccccc1[N+](=O)[O-]. The van der Waals surface area contributed by atoms with Crippen molar-refractivity contribution >= 4 is 17.3 Å². The molecular formula is C11H9N3O4. The predicted molar refractivity (Wildman–Crippen MR) is 63.5 cm³/mol.